The molecular weight excluding hydrogens is 342 g/mol. The Morgan fingerprint density at radius 2 is 1.88 bits per heavy atom. The lowest BCUT2D eigenvalue weighted by molar-refractivity contribution is -0.146. The summed E-state index contributed by atoms with van der Waals surface area (Å²) < 4.78 is 21.8. The average molecular weight is 363 g/mol. The van der Waals surface area contributed by atoms with Crippen LogP contribution in [0.5, 0.6) is 23.0 Å². The zero-order valence-electron chi connectivity index (χ0n) is 14.8. The predicted octanol–water partition coefficient (Wildman–Crippen LogP) is 1.47. The largest absolute Gasteiger partial charge is 0.493 e. The average Bonchev–Trinajstić information content (AvgIpc) is 2.62. The zero-order valence-corrected chi connectivity index (χ0v) is 14.8. The van der Waals surface area contributed by atoms with Gasteiger partial charge in [-0.15, -0.1) is 0 Å². The Kier molecular flexibility index (Phi) is 4.92. The van der Waals surface area contributed by atoms with Crippen LogP contribution in [-0.4, -0.2) is 51.0 Å². The van der Waals surface area contributed by atoms with E-state index >= 15 is 0 Å². The van der Waals surface area contributed by atoms with Crippen LogP contribution in [0.2, 0.25) is 0 Å². The molecule has 1 saturated carbocycles. The second kappa shape index (κ2) is 7.15. The highest BCUT2D eigenvalue weighted by atomic mass is 16.5. The summed E-state index contributed by atoms with van der Waals surface area (Å²) in [5, 5.41) is 11.9. The first-order chi connectivity index (χ1) is 12.5. The van der Waals surface area contributed by atoms with Gasteiger partial charge in [-0.05, 0) is 18.9 Å². The molecule has 2 aliphatic rings. The van der Waals surface area contributed by atoms with Gasteiger partial charge in [-0.25, -0.2) is 0 Å². The Morgan fingerprint density at radius 1 is 1.15 bits per heavy atom. The monoisotopic (exact) mass is 363 g/mol. The fourth-order valence-corrected chi connectivity index (χ4v) is 3.14. The van der Waals surface area contributed by atoms with Crippen molar-refractivity contribution in [2.45, 2.75) is 18.9 Å². The number of carboxylic acids is 1. The van der Waals surface area contributed by atoms with Crippen molar-refractivity contribution in [2.75, 3.05) is 27.9 Å². The number of aliphatic carboxylic acids is 1. The second-order valence-electron chi connectivity index (χ2n) is 6.12. The lowest BCUT2D eigenvalue weighted by Gasteiger charge is -2.34. The highest BCUT2D eigenvalue weighted by Crippen LogP contribution is 2.47. The number of hydrogen-bond donors (Lipinski definition) is 2. The van der Waals surface area contributed by atoms with Crippen LogP contribution < -0.4 is 24.3 Å². The number of carbonyl (C=O) groups is 2. The molecule has 2 unspecified atom stereocenters. The highest BCUT2D eigenvalue weighted by molar-refractivity contribution is 6.00. The minimum Gasteiger partial charge on any atom is -0.493 e. The van der Waals surface area contributed by atoms with E-state index in [0.717, 1.165) is 0 Å². The standard InChI is InChI=1S/C18H21NO7/c1-23-14-7-13-11(15(24-2)16(14)25-3)6-9(8-26-13)17(20)19-12-5-4-10(12)18(21)22/h6-7,10,12H,4-5,8H2,1-3H3,(H,19,20)(H,21,22). The molecule has 8 nitrogen and oxygen atoms in total. The van der Waals surface area contributed by atoms with Crippen LogP contribution >= 0.6 is 0 Å². The number of hydrogen-bond acceptors (Lipinski definition) is 6. The lowest BCUT2D eigenvalue weighted by atomic mass is 9.79. The second-order valence-corrected chi connectivity index (χ2v) is 6.12. The third-order valence-corrected chi connectivity index (χ3v) is 4.73. The lowest BCUT2D eigenvalue weighted by Crippen LogP contribution is -2.50. The molecule has 0 bridgehead atoms. The van der Waals surface area contributed by atoms with Crippen molar-refractivity contribution < 1.29 is 33.6 Å². The zero-order chi connectivity index (χ0) is 18.8. The smallest absolute Gasteiger partial charge is 0.308 e. The molecule has 1 aliphatic heterocycles. The molecule has 0 saturated heterocycles. The number of amides is 1. The fraction of sp³-hybridized carbons (Fsp3) is 0.444. The quantitative estimate of drug-likeness (QED) is 0.789. The molecular formula is C18H21NO7. The van der Waals surface area contributed by atoms with Gasteiger partial charge in [0.1, 0.15) is 12.4 Å². The van der Waals surface area contributed by atoms with Gasteiger partial charge in [-0.1, -0.05) is 0 Å². The van der Waals surface area contributed by atoms with Crippen molar-refractivity contribution in [1.29, 1.82) is 0 Å². The topological polar surface area (TPSA) is 103 Å². The molecule has 0 radical (unpaired) electrons. The fourth-order valence-electron chi connectivity index (χ4n) is 3.14. The van der Waals surface area contributed by atoms with Crippen molar-refractivity contribution in [3.8, 4) is 23.0 Å². The SMILES string of the molecule is COc1cc2c(c(OC)c1OC)C=C(C(=O)NC1CCC1C(=O)O)CO2. The number of ether oxygens (including phenoxy) is 4. The number of carboxylic acid groups (broad SMARTS) is 1. The molecule has 0 spiro atoms. The Bertz CT molecular complexity index is 771. The van der Waals surface area contributed by atoms with E-state index in [0.29, 0.717) is 47.0 Å². The molecule has 1 fully saturated rings. The highest BCUT2D eigenvalue weighted by Gasteiger charge is 2.38. The summed E-state index contributed by atoms with van der Waals surface area (Å²) in [6.45, 7) is 0.0714. The molecule has 1 aliphatic carbocycles. The van der Waals surface area contributed by atoms with E-state index in [9.17, 15) is 9.59 Å². The Balaban J connectivity index is 1.88. The van der Waals surface area contributed by atoms with Crippen molar-refractivity contribution >= 4 is 18.0 Å². The molecule has 2 atom stereocenters. The van der Waals surface area contributed by atoms with Gasteiger partial charge in [0.25, 0.3) is 5.91 Å². The molecule has 26 heavy (non-hydrogen) atoms. The summed E-state index contributed by atoms with van der Waals surface area (Å²) in [6.07, 6.45) is 2.90. The van der Waals surface area contributed by atoms with Crippen molar-refractivity contribution in [1.82, 2.24) is 5.32 Å². The number of fused-ring (bicyclic) bond motifs is 1. The van der Waals surface area contributed by atoms with Crippen LogP contribution in [0.15, 0.2) is 11.6 Å². The van der Waals surface area contributed by atoms with E-state index in [1.165, 1.54) is 21.3 Å². The third-order valence-electron chi connectivity index (χ3n) is 4.73. The number of nitrogens with one attached hydrogen (secondary N) is 1. The molecule has 1 aromatic carbocycles. The number of carbonyl (C=O) groups excluding carboxylic acids is 1. The maximum atomic E-state index is 12.5. The first-order valence-electron chi connectivity index (χ1n) is 8.20. The van der Waals surface area contributed by atoms with Gasteiger partial charge >= 0.3 is 5.97 Å². The predicted molar refractivity (Wildman–Crippen MR) is 91.9 cm³/mol. The molecule has 3 rings (SSSR count). The van der Waals surface area contributed by atoms with E-state index in [-0.39, 0.29) is 18.6 Å². The third kappa shape index (κ3) is 3.02. The molecule has 8 heteroatoms. The summed E-state index contributed by atoms with van der Waals surface area (Å²) >= 11 is 0. The van der Waals surface area contributed by atoms with Crippen LogP contribution in [0.1, 0.15) is 18.4 Å². The molecule has 1 aromatic rings. The van der Waals surface area contributed by atoms with Gasteiger partial charge in [-0.2, -0.15) is 0 Å². The van der Waals surface area contributed by atoms with Gasteiger partial charge in [0.15, 0.2) is 11.5 Å². The molecule has 1 heterocycles. The van der Waals surface area contributed by atoms with Crippen LogP contribution in [0.3, 0.4) is 0 Å². The van der Waals surface area contributed by atoms with Gasteiger partial charge in [0.05, 0.1) is 38.4 Å². The van der Waals surface area contributed by atoms with Gasteiger partial charge in [0, 0.05) is 12.1 Å². The maximum absolute atomic E-state index is 12.5. The number of rotatable bonds is 6. The van der Waals surface area contributed by atoms with E-state index in [1.54, 1.807) is 12.1 Å². The van der Waals surface area contributed by atoms with Crippen molar-refractivity contribution in [2.24, 2.45) is 5.92 Å². The van der Waals surface area contributed by atoms with Crippen LogP contribution in [0.4, 0.5) is 0 Å². The minimum atomic E-state index is -0.890. The number of benzene rings is 1. The summed E-state index contributed by atoms with van der Waals surface area (Å²) in [5.41, 5.74) is 0.962. The van der Waals surface area contributed by atoms with Gasteiger partial charge < -0.3 is 29.4 Å². The first-order valence-corrected chi connectivity index (χ1v) is 8.20. The van der Waals surface area contributed by atoms with E-state index in [1.807, 2.05) is 0 Å². The van der Waals surface area contributed by atoms with Crippen molar-refractivity contribution in [3.63, 3.8) is 0 Å². The Hall–Kier alpha value is -2.90. The molecule has 140 valence electrons. The van der Waals surface area contributed by atoms with E-state index < -0.39 is 11.9 Å². The summed E-state index contributed by atoms with van der Waals surface area (Å²) in [7, 11) is 4.50. The van der Waals surface area contributed by atoms with Gasteiger partial charge in [-0.3, -0.25) is 9.59 Å². The van der Waals surface area contributed by atoms with E-state index in [4.69, 9.17) is 24.1 Å². The molecule has 1 amide bonds. The summed E-state index contributed by atoms with van der Waals surface area (Å²) in [6, 6.07) is 1.32. The van der Waals surface area contributed by atoms with Gasteiger partial charge in [0.2, 0.25) is 5.75 Å². The Morgan fingerprint density at radius 3 is 2.42 bits per heavy atom. The van der Waals surface area contributed by atoms with Crippen LogP contribution in [-0.2, 0) is 9.59 Å². The maximum Gasteiger partial charge on any atom is 0.308 e. The van der Waals surface area contributed by atoms with Crippen LogP contribution in [0.25, 0.3) is 6.08 Å². The number of methoxy groups -OCH3 is 3. The van der Waals surface area contributed by atoms with E-state index in [2.05, 4.69) is 5.32 Å². The molecule has 0 aromatic heterocycles. The summed E-state index contributed by atoms with van der Waals surface area (Å²) in [4.78, 5) is 23.6. The van der Waals surface area contributed by atoms with Crippen molar-refractivity contribution in [3.05, 3.63) is 17.2 Å². The molecule has 2 N–H and O–H groups in total. The Labute approximate surface area is 150 Å². The first kappa shape index (κ1) is 17.9. The van der Waals surface area contributed by atoms with Crippen LogP contribution in [0, 0.1) is 5.92 Å². The minimum absolute atomic E-state index is 0.0714. The normalized spacial score (nSPS) is 20.7. The summed E-state index contributed by atoms with van der Waals surface area (Å²) in [5.74, 6) is 0.0170.